The SMILES string of the molecule is CCOc1ccc(NC(=O)[C@@H]2[C@H]3C(=O)N(CCCO)C(C(=O)NC(C)(C)CC(C)(C)C)C34CC[C@@]2(C)O4)cc1. The van der Waals surface area contributed by atoms with Gasteiger partial charge in [-0.25, -0.2) is 0 Å². The first-order chi connectivity index (χ1) is 18.2. The number of carbonyl (C=O) groups is 3. The summed E-state index contributed by atoms with van der Waals surface area (Å²) < 4.78 is 12.1. The van der Waals surface area contributed by atoms with Crippen LogP contribution < -0.4 is 15.4 Å². The van der Waals surface area contributed by atoms with Crippen LogP contribution in [0.25, 0.3) is 0 Å². The Morgan fingerprint density at radius 3 is 2.38 bits per heavy atom. The van der Waals surface area contributed by atoms with Gasteiger partial charge in [0.1, 0.15) is 17.4 Å². The molecule has 3 heterocycles. The van der Waals surface area contributed by atoms with E-state index in [1.54, 1.807) is 29.2 Å². The van der Waals surface area contributed by atoms with Crippen molar-refractivity contribution in [2.75, 3.05) is 25.1 Å². The Hall–Kier alpha value is -2.65. The van der Waals surface area contributed by atoms with Crippen molar-refractivity contribution in [2.45, 2.75) is 96.9 Å². The summed E-state index contributed by atoms with van der Waals surface area (Å²) in [5.74, 6) is -1.64. The van der Waals surface area contributed by atoms with E-state index in [4.69, 9.17) is 9.47 Å². The van der Waals surface area contributed by atoms with Crippen LogP contribution in [-0.2, 0) is 19.1 Å². The minimum Gasteiger partial charge on any atom is -0.494 e. The van der Waals surface area contributed by atoms with Gasteiger partial charge in [0, 0.05) is 24.4 Å². The fraction of sp³-hybridized carbons (Fsp3) is 0.700. The quantitative estimate of drug-likeness (QED) is 0.416. The molecule has 3 amide bonds. The lowest BCUT2D eigenvalue weighted by molar-refractivity contribution is -0.146. The Kier molecular flexibility index (Phi) is 7.82. The standard InChI is InChI=1S/C30H45N3O6/c1-8-38-20-12-10-19(11-13-20)31-24(35)21-22-26(37)33(16-9-17-34)23(30(22)15-14-29(21,7)39-30)25(36)32-28(5,6)18-27(2,3)4/h10-13,21-23,34H,8-9,14-18H2,1-7H3,(H,31,35)(H,32,36)/t21-,22-,23?,29+,30?/m0/s1. The van der Waals surface area contributed by atoms with Crippen molar-refractivity contribution in [3.05, 3.63) is 24.3 Å². The van der Waals surface area contributed by atoms with Crippen LogP contribution in [-0.4, -0.2) is 70.3 Å². The molecule has 216 valence electrons. The number of hydrogen-bond acceptors (Lipinski definition) is 6. The molecule has 4 rings (SSSR count). The van der Waals surface area contributed by atoms with Crippen molar-refractivity contribution in [1.29, 1.82) is 0 Å². The molecule has 3 N–H and O–H groups in total. The van der Waals surface area contributed by atoms with Gasteiger partial charge in [-0.3, -0.25) is 14.4 Å². The summed E-state index contributed by atoms with van der Waals surface area (Å²) in [5.41, 5.74) is -1.88. The monoisotopic (exact) mass is 543 g/mol. The van der Waals surface area contributed by atoms with Crippen molar-refractivity contribution in [2.24, 2.45) is 17.3 Å². The third kappa shape index (κ3) is 5.53. The van der Waals surface area contributed by atoms with Crippen LogP contribution in [0.3, 0.4) is 0 Å². The van der Waals surface area contributed by atoms with Gasteiger partial charge in [0.2, 0.25) is 17.7 Å². The van der Waals surface area contributed by atoms with E-state index in [-0.39, 0.29) is 36.3 Å². The van der Waals surface area contributed by atoms with Crippen LogP contribution >= 0.6 is 0 Å². The minimum absolute atomic E-state index is 0.0144. The van der Waals surface area contributed by atoms with Crippen molar-refractivity contribution in [3.63, 3.8) is 0 Å². The largest absolute Gasteiger partial charge is 0.494 e. The number of carbonyl (C=O) groups excluding carboxylic acids is 3. The zero-order valence-electron chi connectivity index (χ0n) is 24.4. The Bertz CT molecular complexity index is 1100. The molecule has 2 bridgehead atoms. The van der Waals surface area contributed by atoms with Gasteiger partial charge in [0.05, 0.1) is 24.0 Å². The van der Waals surface area contributed by atoms with Gasteiger partial charge < -0.3 is 30.1 Å². The number of rotatable bonds is 10. The maximum Gasteiger partial charge on any atom is 0.246 e. The van der Waals surface area contributed by atoms with E-state index in [2.05, 4.69) is 31.4 Å². The summed E-state index contributed by atoms with van der Waals surface area (Å²) in [5, 5.41) is 15.7. The summed E-state index contributed by atoms with van der Waals surface area (Å²) in [6.07, 6.45) is 2.16. The number of aliphatic hydroxyl groups excluding tert-OH is 1. The normalized spacial score (nSPS) is 29.9. The number of benzene rings is 1. The van der Waals surface area contributed by atoms with Crippen LogP contribution in [0.4, 0.5) is 5.69 Å². The molecule has 9 heteroatoms. The number of nitrogens with zero attached hydrogens (tertiary/aromatic N) is 1. The predicted molar refractivity (Wildman–Crippen MR) is 148 cm³/mol. The van der Waals surface area contributed by atoms with Gasteiger partial charge in [0.15, 0.2) is 0 Å². The molecule has 3 aliphatic heterocycles. The van der Waals surface area contributed by atoms with Crippen LogP contribution in [0.15, 0.2) is 24.3 Å². The molecule has 39 heavy (non-hydrogen) atoms. The van der Waals surface area contributed by atoms with E-state index in [0.717, 1.165) is 6.42 Å². The van der Waals surface area contributed by atoms with Crippen molar-refractivity contribution < 1.29 is 29.0 Å². The van der Waals surface area contributed by atoms with Gasteiger partial charge in [-0.05, 0) is 83.1 Å². The first-order valence-electron chi connectivity index (χ1n) is 14.1. The predicted octanol–water partition coefficient (Wildman–Crippen LogP) is 3.50. The molecule has 1 aromatic carbocycles. The van der Waals surface area contributed by atoms with E-state index in [1.165, 1.54) is 0 Å². The van der Waals surface area contributed by atoms with Crippen LogP contribution in [0.2, 0.25) is 0 Å². The molecular formula is C30H45N3O6. The second-order valence-corrected chi connectivity index (χ2v) is 13.4. The lowest BCUT2D eigenvalue weighted by Gasteiger charge is -2.38. The van der Waals surface area contributed by atoms with Crippen molar-refractivity contribution in [3.8, 4) is 5.75 Å². The Labute approximate surface area is 232 Å². The number of likely N-dealkylation sites (tertiary alicyclic amines) is 1. The van der Waals surface area contributed by atoms with Gasteiger partial charge in [0.25, 0.3) is 0 Å². The smallest absolute Gasteiger partial charge is 0.246 e. The van der Waals surface area contributed by atoms with Crippen molar-refractivity contribution >= 4 is 23.4 Å². The summed E-state index contributed by atoms with van der Waals surface area (Å²) in [6.45, 7) is 14.8. The molecule has 3 fully saturated rings. The fourth-order valence-corrected chi connectivity index (χ4v) is 7.40. The minimum atomic E-state index is -1.09. The van der Waals surface area contributed by atoms with E-state index in [1.807, 2.05) is 27.7 Å². The first-order valence-corrected chi connectivity index (χ1v) is 14.1. The molecule has 5 atom stereocenters. The first kappa shape index (κ1) is 29.3. The maximum atomic E-state index is 14.0. The Morgan fingerprint density at radius 1 is 1.13 bits per heavy atom. The molecule has 0 radical (unpaired) electrons. The van der Waals surface area contributed by atoms with Crippen LogP contribution in [0.5, 0.6) is 5.75 Å². The molecule has 3 aliphatic rings. The average Bonchev–Trinajstić information content (AvgIpc) is 3.37. The zero-order valence-corrected chi connectivity index (χ0v) is 24.4. The van der Waals surface area contributed by atoms with E-state index < -0.39 is 34.6 Å². The second kappa shape index (κ2) is 10.4. The highest BCUT2D eigenvalue weighted by Gasteiger charge is 2.77. The fourth-order valence-electron chi connectivity index (χ4n) is 7.40. The van der Waals surface area contributed by atoms with Gasteiger partial charge >= 0.3 is 0 Å². The summed E-state index contributed by atoms with van der Waals surface area (Å²) in [4.78, 5) is 43.3. The Morgan fingerprint density at radius 2 is 1.79 bits per heavy atom. The lowest BCUT2D eigenvalue weighted by Crippen LogP contribution is -2.59. The van der Waals surface area contributed by atoms with E-state index >= 15 is 0 Å². The molecule has 3 saturated heterocycles. The average molecular weight is 544 g/mol. The molecule has 2 unspecified atom stereocenters. The van der Waals surface area contributed by atoms with Crippen LogP contribution in [0, 0.1) is 17.3 Å². The lowest BCUT2D eigenvalue weighted by atomic mass is 9.66. The number of amides is 3. The Balaban J connectivity index is 1.64. The maximum absolute atomic E-state index is 14.0. The number of anilines is 1. The number of aliphatic hydroxyl groups is 1. The van der Waals surface area contributed by atoms with Crippen molar-refractivity contribution in [1.82, 2.24) is 10.2 Å². The van der Waals surface area contributed by atoms with Gasteiger partial charge in [-0.15, -0.1) is 0 Å². The highest BCUT2D eigenvalue weighted by Crippen LogP contribution is 2.63. The van der Waals surface area contributed by atoms with Gasteiger partial charge in [-0.2, -0.15) is 0 Å². The van der Waals surface area contributed by atoms with Gasteiger partial charge in [-0.1, -0.05) is 20.8 Å². The number of hydrogen-bond donors (Lipinski definition) is 3. The summed E-state index contributed by atoms with van der Waals surface area (Å²) >= 11 is 0. The zero-order chi connectivity index (χ0) is 28.8. The molecule has 0 aromatic heterocycles. The van der Waals surface area contributed by atoms with Crippen LogP contribution in [0.1, 0.15) is 74.1 Å². The molecule has 0 aliphatic carbocycles. The molecule has 0 saturated carbocycles. The highest BCUT2D eigenvalue weighted by molar-refractivity contribution is 6.02. The molecule has 1 spiro atoms. The summed E-state index contributed by atoms with van der Waals surface area (Å²) in [7, 11) is 0. The third-order valence-electron chi connectivity index (χ3n) is 8.23. The topological polar surface area (TPSA) is 117 Å². The highest BCUT2D eigenvalue weighted by atomic mass is 16.5. The molecule has 1 aromatic rings. The summed E-state index contributed by atoms with van der Waals surface area (Å²) in [6, 6.07) is 6.25. The third-order valence-corrected chi connectivity index (χ3v) is 8.23. The second-order valence-electron chi connectivity index (χ2n) is 13.4. The number of fused-ring (bicyclic) bond motifs is 1. The number of nitrogens with one attached hydrogen (secondary N) is 2. The van der Waals surface area contributed by atoms with E-state index in [9.17, 15) is 19.5 Å². The number of ether oxygens (including phenoxy) is 2. The molecule has 9 nitrogen and oxygen atoms in total. The van der Waals surface area contributed by atoms with E-state index in [0.29, 0.717) is 37.3 Å². The molecular weight excluding hydrogens is 498 g/mol.